The van der Waals surface area contributed by atoms with E-state index in [2.05, 4.69) is 4.98 Å². The molecular weight excluding hydrogens is 386 g/mol. The van der Waals surface area contributed by atoms with E-state index in [9.17, 15) is 14.4 Å². The number of aromatic nitrogens is 1. The Kier molecular flexibility index (Phi) is 7.80. The van der Waals surface area contributed by atoms with E-state index in [1.54, 1.807) is 34.6 Å². The third kappa shape index (κ3) is 6.47. The normalized spacial score (nSPS) is 11.1. The molecule has 0 aliphatic heterocycles. The number of aryl methyl sites for hydroxylation is 1. The highest BCUT2D eigenvalue weighted by Crippen LogP contribution is 2.25. The average molecular weight is 415 g/mol. The third-order valence-corrected chi connectivity index (χ3v) is 4.20. The Morgan fingerprint density at radius 1 is 1.00 bits per heavy atom. The molecule has 0 spiro atoms. The molecule has 2 aromatic rings. The van der Waals surface area contributed by atoms with E-state index in [0.29, 0.717) is 11.3 Å². The lowest BCUT2D eigenvalue weighted by Gasteiger charge is -2.20. The van der Waals surface area contributed by atoms with Gasteiger partial charge in [-0.05, 0) is 52.2 Å². The minimum absolute atomic E-state index is 0.0277. The van der Waals surface area contributed by atoms with Gasteiger partial charge in [-0.15, -0.1) is 0 Å². The molecule has 0 fully saturated rings. The van der Waals surface area contributed by atoms with Crippen LogP contribution in [0.3, 0.4) is 0 Å². The fraction of sp³-hybridized carbons (Fsp3) is 0.435. The van der Waals surface area contributed by atoms with Crippen LogP contribution in [0.25, 0.3) is 0 Å². The Morgan fingerprint density at radius 2 is 1.67 bits per heavy atom. The number of esters is 3. The second-order valence-electron chi connectivity index (χ2n) is 7.85. The minimum Gasteiger partial charge on any atom is -0.466 e. The van der Waals surface area contributed by atoms with Crippen LogP contribution in [0.4, 0.5) is 0 Å². The second kappa shape index (κ2) is 10.1. The van der Waals surface area contributed by atoms with E-state index in [1.165, 1.54) is 0 Å². The topological polar surface area (TPSA) is 94.7 Å². The van der Waals surface area contributed by atoms with Crippen molar-refractivity contribution in [3.05, 3.63) is 58.4 Å². The maximum Gasteiger partial charge on any atom is 0.355 e. The molecule has 0 saturated carbocycles. The molecule has 0 atom stereocenters. The lowest BCUT2D eigenvalue weighted by molar-refractivity contribution is -0.143. The Balaban J connectivity index is 2.30. The van der Waals surface area contributed by atoms with E-state index in [-0.39, 0.29) is 37.3 Å². The molecule has 1 aromatic carbocycles. The van der Waals surface area contributed by atoms with Crippen molar-refractivity contribution in [2.45, 2.75) is 59.7 Å². The summed E-state index contributed by atoms with van der Waals surface area (Å²) in [6, 6.07) is 9.28. The molecule has 30 heavy (non-hydrogen) atoms. The lowest BCUT2D eigenvalue weighted by atomic mass is 10.0. The lowest BCUT2D eigenvalue weighted by Crippen LogP contribution is -2.25. The number of hydrogen-bond acceptors (Lipinski definition) is 6. The number of nitrogens with one attached hydrogen (secondary N) is 1. The monoisotopic (exact) mass is 415 g/mol. The van der Waals surface area contributed by atoms with E-state index >= 15 is 0 Å². The van der Waals surface area contributed by atoms with Crippen LogP contribution in [-0.4, -0.2) is 35.1 Å². The first-order chi connectivity index (χ1) is 14.1. The van der Waals surface area contributed by atoms with Crippen LogP contribution in [0.5, 0.6) is 0 Å². The molecule has 0 radical (unpaired) electrons. The summed E-state index contributed by atoms with van der Waals surface area (Å²) in [6.07, 6.45) is 0.174. The van der Waals surface area contributed by atoms with Crippen LogP contribution in [0, 0.1) is 6.92 Å². The molecule has 1 N–H and O–H groups in total. The van der Waals surface area contributed by atoms with Gasteiger partial charge in [-0.25, -0.2) is 9.59 Å². The molecule has 1 aromatic heterocycles. The molecule has 162 valence electrons. The highest BCUT2D eigenvalue weighted by Gasteiger charge is 2.29. The number of hydrogen-bond donors (Lipinski definition) is 1. The van der Waals surface area contributed by atoms with Gasteiger partial charge in [0.15, 0.2) is 0 Å². The van der Waals surface area contributed by atoms with Crippen LogP contribution < -0.4 is 0 Å². The van der Waals surface area contributed by atoms with Gasteiger partial charge in [0, 0.05) is 12.1 Å². The van der Waals surface area contributed by atoms with E-state index in [0.717, 1.165) is 5.56 Å². The molecule has 0 saturated heterocycles. The summed E-state index contributed by atoms with van der Waals surface area (Å²) in [5, 5.41) is 0. The minimum atomic E-state index is -0.701. The van der Waals surface area contributed by atoms with Gasteiger partial charge in [0.1, 0.15) is 17.9 Å². The van der Waals surface area contributed by atoms with Gasteiger partial charge in [-0.2, -0.15) is 0 Å². The van der Waals surface area contributed by atoms with Crippen LogP contribution in [0.15, 0.2) is 30.3 Å². The van der Waals surface area contributed by atoms with Crippen LogP contribution >= 0.6 is 0 Å². The Morgan fingerprint density at radius 3 is 2.27 bits per heavy atom. The number of aromatic amines is 1. The Hall–Kier alpha value is -3.09. The second-order valence-corrected chi connectivity index (χ2v) is 7.85. The average Bonchev–Trinajstić information content (AvgIpc) is 3.00. The van der Waals surface area contributed by atoms with E-state index < -0.39 is 23.5 Å². The van der Waals surface area contributed by atoms with E-state index in [4.69, 9.17) is 14.2 Å². The maximum absolute atomic E-state index is 12.8. The summed E-state index contributed by atoms with van der Waals surface area (Å²) >= 11 is 0. The number of carbonyl (C=O) groups excluding carboxylic acids is 3. The highest BCUT2D eigenvalue weighted by molar-refractivity contribution is 5.99. The van der Waals surface area contributed by atoms with Gasteiger partial charge in [0.25, 0.3) is 0 Å². The van der Waals surface area contributed by atoms with Crippen molar-refractivity contribution >= 4 is 17.9 Å². The standard InChI is InChI=1S/C23H29NO6/c1-6-28-18(25)13-12-17-19(21(26)30-23(3,4)5)15(2)24-20(17)22(27)29-14-16-10-8-7-9-11-16/h7-11,24H,6,12-14H2,1-5H3. The number of H-pyrrole nitrogens is 1. The van der Waals surface area contributed by atoms with Crippen LogP contribution in [0.1, 0.15) is 71.8 Å². The summed E-state index contributed by atoms with van der Waals surface area (Å²) in [5.41, 5.74) is 1.42. The molecule has 0 unspecified atom stereocenters. The summed E-state index contributed by atoms with van der Waals surface area (Å²) in [7, 11) is 0. The molecule has 0 aliphatic carbocycles. The zero-order chi connectivity index (χ0) is 22.3. The molecule has 7 nitrogen and oxygen atoms in total. The van der Waals surface area contributed by atoms with Crippen molar-refractivity contribution in [2.75, 3.05) is 6.61 Å². The number of benzene rings is 1. The van der Waals surface area contributed by atoms with Crippen molar-refractivity contribution in [3.8, 4) is 0 Å². The zero-order valence-corrected chi connectivity index (χ0v) is 18.2. The van der Waals surface area contributed by atoms with Crippen molar-refractivity contribution in [3.63, 3.8) is 0 Å². The van der Waals surface area contributed by atoms with Crippen molar-refractivity contribution in [1.82, 2.24) is 4.98 Å². The number of carbonyl (C=O) groups is 3. The summed E-state index contributed by atoms with van der Waals surface area (Å²) in [4.78, 5) is 40.3. The SMILES string of the molecule is CCOC(=O)CCc1c(C(=O)OCc2ccccc2)[nH]c(C)c1C(=O)OC(C)(C)C. The summed E-state index contributed by atoms with van der Waals surface area (Å²) in [6.45, 7) is 9.05. The number of ether oxygens (including phenoxy) is 3. The van der Waals surface area contributed by atoms with Gasteiger partial charge in [0.2, 0.25) is 0 Å². The predicted octanol–water partition coefficient (Wildman–Crippen LogP) is 4.13. The first-order valence-electron chi connectivity index (χ1n) is 9.93. The molecule has 1 heterocycles. The predicted molar refractivity (Wildman–Crippen MR) is 111 cm³/mol. The number of rotatable bonds is 8. The van der Waals surface area contributed by atoms with Gasteiger partial charge < -0.3 is 19.2 Å². The first-order valence-corrected chi connectivity index (χ1v) is 9.93. The molecule has 2 rings (SSSR count). The molecule has 7 heteroatoms. The third-order valence-electron chi connectivity index (χ3n) is 4.20. The zero-order valence-electron chi connectivity index (χ0n) is 18.2. The fourth-order valence-corrected chi connectivity index (χ4v) is 2.96. The van der Waals surface area contributed by atoms with Gasteiger partial charge in [-0.3, -0.25) is 4.79 Å². The fourth-order valence-electron chi connectivity index (χ4n) is 2.96. The maximum atomic E-state index is 12.8. The molecule has 0 aliphatic rings. The van der Waals surface area contributed by atoms with Crippen molar-refractivity contribution < 1.29 is 28.6 Å². The molecular formula is C23H29NO6. The largest absolute Gasteiger partial charge is 0.466 e. The molecule has 0 amide bonds. The quantitative estimate of drug-likeness (QED) is 0.515. The van der Waals surface area contributed by atoms with Gasteiger partial charge >= 0.3 is 17.9 Å². The smallest absolute Gasteiger partial charge is 0.355 e. The Labute approximate surface area is 176 Å². The van der Waals surface area contributed by atoms with Gasteiger partial charge in [0.05, 0.1) is 12.2 Å². The van der Waals surface area contributed by atoms with Crippen LogP contribution in [-0.2, 0) is 32.0 Å². The Bertz CT molecular complexity index is 892. The van der Waals surface area contributed by atoms with Crippen LogP contribution in [0.2, 0.25) is 0 Å². The first kappa shape index (κ1) is 23.2. The van der Waals surface area contributed by atoms with E-state index in [1.807, 2.05) is 30.3 Å². The summed E-state index contributed by atoms with van der Waals surface area (Å²) in [5.74, 6) is -1.57. The van der Waals surface area contributed by atoms with Crippen molar-refractivity contribution in [2.24, 2.45) is 0 Å². The van der Waals surface area contributed by atoms with Gasteiger partial charge in [-0.1, -0.05) is 30.3 Å². The molecule has 0 bridgehead atoms. The summed E-state index contributed by atoms with van der Waals surface area (Å²) < 4.78 is 15.9. The van der Waals surface area contributed by atoms with Crippen molar-refractivity contribution in [1.29, 1.82) is 0 Å². The highest BCUT2D eigenvalue weighted by atomic mass is 16.6.